The molecule has 1 fully saturated rings. The van der Waals surface area contributed by atoms with Gasteiger partial charge in [-0.3, -0.25) is 14.3 Å². The first kappa shape index (κ1) is 18.1. The third-order valence-electron chi connectivity index (χ3n) is 5.20. The van der Waals surface area contributed by atoms with Gasteiger partial charge in [0.2, 0.25) is 5.95 Å². The van der Waals surface area contributed by atoms with Crippen LogP contribution in [0.4, 0.5) is 5.95 Å². The lowest BCUT2D eigenvalue weighted by Crippen LogP contribution is -2.35. The van der Waals surface area contributed by atoms with Crippen molar-refractivity contribution in [1.82, 2.24) is 19.5 Å². The predicted molar refractivity (Wildman–Crippen MR) is 111 cm³/mol. The van der Waals surface area contributed by atoms with Crippen molar-refractivity contribution in [1.29, 1.82) is 0 Å². The van der Waals surface area contributed by atoms with E-state index < -0.39 is 0 Å². The number of nitrogens with one attached hydrogen (secondary N) is 1. The molecule has 0 atom stereocenters. The molecule has 140 valence electrons. The number of anilines is 1. The van der Waals surface area contributed by atoms with E-state index in [-0.39, 0.29) is 5.56 Å². The Morgan fingerprint density at radius 3 is 2.78 bits per heavy atom. The molecule has 6 nitrogen and oxygen atoms in total. The van der Waals surface area contributed by atoms with Crippen LogP contribution in [0.25, 0.3) is 16.7 Å². The summed E-state index contributed by atoms with van der Waals surface area (Å²) in [6, 6.07) is 5.56. The third-order valence-corrected chi connectivity index (χ3v) is 6.01. The van der Waals surface area contributed by atoms with E-state index in [1.54, 1.807) is 10.9 Å². The number of nitrogens with zero attached hydrogens (tertiary/aromatic N) is 4. The second kappa shape index (κ2) is 7.05. The quantitative estimate of drug-likeness (QED) is 0.656. The highest BCUT2D eigenvalue weighted by atomic mass is 35.5. The number of benzene rings is 1. The maximum atomic E-state index is 12.8. The van der Waals surface area contributed by atoms with Gasteiger partial charge in [-0.2, -0.15) is 4.98 Å². The Hall–Kier alpha value is -2.25. The largest absolute Gasteiger partial charge is 0.342 e. The minimum absolute atomic E-state index is 0.264. The summed E-state index contributed by atoms with van der Waals surface area (Å²) in [7, 11) is 0. The van der Waals surface area contributed by atoms with Crippen molar-refractivity contribution < 1.29 is 0 Å². The Kier molecular flexibility index (Phi) is 4.74. The molecule has 1 N–H and O–H groups in total. The van der Waals surface area contributed by atoms with E-state index in [1.807, 2.05) is 25.1 Å². The molecule has 0 amide bonds. The van der Waals surface area contributed by atoms with Gasteiger partial charge < -0.3 is 4.90 Å². The van der Waals surface area contributed by atoms with E-state index in [0.29, 0.717) is 32.6 Å². The number of rotatable bonds is 2. The summed E-state index contributed by atoms with van der Waals surface area (Å²) in [4.78, 5) is 26.8. The molecule has 1 aliphatic heterocycles. The first-order valence-corrected chi connectivity index (χ1v) is 9.76. The summed E-state index contributed by atoms with van der Waals surface area (Å²) in [5, 5.41) is 0.956. The molecule has 4 rings (SSSR count). The average molecular weight is 402 g/mol. The molecule has 0 bridgehead atoms. The lowest BCUT2D eigenvalue weighted by Gasteiger charge is -2.30. The monoisotopic (exact) mass is 401 g/mol. The molecule has 3 aromatic rings. The van der Waals surface area contributed by atoms with Gasteiger partial charge in [0.1, 0.15) is 16.4 Å². The summed E-state index contributed by atoms with van der Waals surface area (Å²) in [6.45, 7) is 5.91. The number of hydrogen-bond acceptors (Lipinski definition) is 5. The van der Waals surface area contributed by atoms with E-state index in [2.05, 4.69) is 26.8 Å². The van der Waals surface area contributed by atoms with Crippen molar-refractivity contribution in [3.8, 4) is 5.69 Å². The van der Waals surface area contributed by atoms with Gasteiger partial charge in [-0.05, 0) is 43.4 Å². The maximum Gasteiger partial charge on any atom is 0.264 e. The standard InChI is InChI=1S/C19H20ClN5OS/c1-11-6-8-24(9-7-11)19-22-16-15(17(26)23-19)18(27)25(10-21-16)14-5-3-4-13(20)12(14)2/h3-5,10-11H,6-9H2,1-2H3,(H,22,23,26). The molecular weight excluding hydrogens is 382 g/mol. The highest BCUT2D eigenvalue weighted by Crippen LogP contribution is 2.24. The van der Waals surface area contributed by atoms with Crippen molar-refractivity contribution in [3.05, 3.63) is 50.1 Å². The number of piperidine rings is 1. The molecule has 0 radical (unpaired) electrons. The molecule has 3 heterocycles. The number of halogens is 1. The second-order valence-electron chi connectivity index (χ2n) is 7.06. The van der Waals surface area contributed by atoms with Crippen LogP contribution in [0.3, 0.4) is 0 Å². The summed E-state index contributed by atoms with van der Waals surface area (Å²) >= 11 is 11.8. The summed E-state index contributed by atoms with van der Waals surface area (Å²) in [6.07, 6.45) is 3.78. The van der Waals surface area contributed by atoms with Crippen molar-refractivity contribution in [3.63, 3.8) is 0 Å². The zero-order valence-electron chi connectivity index (χ0n) is 15.2. The van der Waals surface area contributed by atoms with Gasteiger partial charge in [-0.1, -0.05) is 36.8 Å². The number of fused-ring (bicyclic) bond motifs is 1. The predicted octanol–water partition coefficient (Wildman–Crippen LogP) is 4.04. The summed E-state index contributed by atoms with van der Waals surface area (Å²) < 4.78 is 2.08. The van der Waals surface area contributed by atoms with Crippen LogP contribution < -0.4 is 10.5 Å². The van der Waals surface area contributed by atoms with Crippen LogP contribution in [-0.2, 0) is 0 Å². The van der Waals surface area contributed by atoms with Gasteiger partial charge in [0.05, 0.1) is 5.69 Å². The molecule has 0 aliphatic carbocycles. The van der Waals surface area contributed by atoms with Gasteiger partial charge in [0.15, 0.2) is 5.65 Å². The van der Waals surface area contributed by atoms with Gasteiger partial charge in [-0.25, -0.2) is 4.98 Å². The van der Waals surface area contributed by atoms with Gasteiger partial charge in [0, 0.05) is 18.1 Å². The highest BCUT2D eigenvalue weighted by Gasteiger charge is 2.19. The van der Waals surface area contributed by atoms with Crippen LogP contribution in [0.15, 0.2) is 29.3 Å². The molecule has 0 saturated carbocycles. The first-order valence-electron chi connectivity index (χ1n) is 8.98. The Morgan fingerprint density at radius 2 is 2.04 bits per heavy atom. The van der Waals surface area contributed by atoms with Gasteiger partial charge in [0.25, 0.3) is 5.56 Å². The van der Waals surface area contributed by atoms with Gasteiger partial charge in [-0.15, -0.1) is 0 Å². The number of H-pyrrole nitrogens is 1. The average Bonchev–Trinajstić information content (AvgIpc) is 2.65. The van der Waals surface area contributed by atoms with Crippen molar-refractivity contribution in [2.45, 2.75) is 26.7 Å². The molecule has 1 aliphatic rings. The van der Waals surface area contributed by atoms with Crippen molar-refractivity contribution in [2.24, 2.45) is 5.92 Å². The third kappa shape index (κ3) is 3.26. The van der Waals surface area contributed by atoms with Crippen LogP contribution in [0.5, 0.6) is 0 Å². The highest BCUT2D eigenvalue weighted by molar-refractivity contribution is 7.71. The van der Waals surface area contributed by atoms with Gasteiger partial charge >= 0.3 is 0 Å². The fraction of sp³-hybridized carbons (Fsp3) is 0.368. The fourth-order valence-corrected chi connectivity index (χ4v) is 3.92. The number of aromatic nitrogens is 4. The maximum absolute atomic E-state index is 12.8. The number of aromatic amines is 1. The number of hydrogen-bond donors (Lipinski definition) is 1. The van der Waals surface area contributed by atoms with Crippen LogP contribution >= 0.6 is 23.8 Å². The molecule has 0 spiro atoms. The van der Waals surface area contributed by atoms with Crippen molar-refractivity contribution >= 4 is 40.8 Å². The van der Waals surface area contributed by atoms with E-state index in [4.69, 9.17) is 23.8 Å². The lowest BCUT2D eigenvalue weighted by atomic mass is 10.00. The Balaban J connectivity index is 1.84. The van der Waals surface area contributed by atoms with Crippen LogP contribution in [-0.4, -0.2) is 32.6 Å². The summed E-state index contributed by atoms with van der Waals surface area (Å²) in [5.74, 6) is 1.27. The van der Waals surface area contributed by atoms with E-state index in [0.717, 1.165) is 37.2 Å². The second-order valence-corrected chi connectivity index (χ2v) is 7.86. The van der Waals surface area contributed by atoms with Crippen LogP contribution in [0.1, 0.15) is 25.3 Å². The molecule has 2 aromatic heterocycles. The Bertz CT molecular complexity index is 1130. The molecule has 0 unspecified atom stereocenters. The van der Waals surface area contributed by atoms with Crippen LogP contribution in [0.2, 0.25) is 5.02 Å². The zero-order chi connectivity index (χ0) is 19.1. The topological polar surface area (TPSA) is 66.8 Å². The Morgan fingerprint density at radius 1 is 1.30 bits per heavy atom. The molecular formula is C19H20ClN5OS. The minimum Gasteiger partial charge on any atom is -0.342 e. The van der Waals surface area contributed by atoms with Crippen molar-refractivity contribution in [2.75, 3.05) is 18.0 Å². The SMILES string of the molecule is Cc1c(Cl)cccc1-n1cnc2nc(N3CCC(C)CC3)[nH]c(=O)c2c1=S. The molecule has 8 heteroatoms. The van der Waals surface area contributed by atoms with E-state index >= 15 is 0 Å². The molecule has 27 heavy (non-hydrogen) atoms. The summed E-state index contributed by atoms with van der Waals surface area (Å²) in [5.41, 5.74) is 1.78. The zero-order valence-corrected chi connectivity index (χ0v) is 16.8. The smallest absolute Gasteiger partial charge is 0.264 e. The van der Waals surface area contributed by atoms with E-state index in [1.165, 1.54) is 0 Å². The normalized spacial score (nSPS) is 15.4. The minimum atomic E-state index is -0.264. The van der Waals surface area contributed by atoms with Crippen LogP contribution in [0, 0.1) is 17.5 Å². The molecule has 1 saturated heterocycles. The Labute approximate surface area is 166 Å². The molecule has 1 aromatic carbocycles. The lowest BCUT2D eigenvalue weighted by molar-refractivity contribution is 0.434. The first-order chi connectivity index (χ1) is 13.0. The fourth-order valence-electron chi connectivity index (χ4n) is 3.42. The van der Waals surface area contributed by atoms with E-state index in [9.17, 15) is 4.79 Å².